The third-order valence-electron chi connectivity index (χ3n) is 4.05. The Labute approximate surface area is 123 Å². The van der Waals surface area contributed by atoms with Gasteiger partial charge in [-0.2, -0.15) is 0 Å². The third kappa shape index (κ3) is 2.69. The highest BCUT2D eigenvalue weighted by Crippen LogP contribution is 2.24. The normalized spacial score (nSPS) is 16.3. The predicted octanol–water partition coefficient (Wildman–Crippen LogP) is 2.55. The fourth-order valence-electron chi connectivity index (χ4n) is 2.83. The van der Waals surface area contributed by atoms with Gasteiger partial charge in [-0.25, -0.2) is 9.78 Å². The molecule has 2 aromatic rings. The van der Waals surface area contributed by atoms with E-state index in [1.807, 2.05) is 18.2 Å². The number of anilines is 1. The van der Waals surface area contributed by atoms with Crippen molar-refractivity contribution < 1.29 is 14.6 Å². The lowest BCUT2D eigenvalue weighted by atomic mass is 10.1. The van der Waals surface area contributed by atoms with Gasteiger partial charge in [0.25, 0.3) is 0 Å². The molecule has 1 aliphatic heterocycles. The van der Waals surface area contributed by atoms with Gasteiger partial charge in [-0.15, -0.1) is 0 Å². The van der Waals surface area contributed by atoms with E-state index in [1.54, 1.807) is 19.2 Å². The highest BCUT2D eigenvalue weighted by molar-refractivity contribution is 6.02. The summed E-state index contributed by atoms with van der Waals surface area (Å²) >= 11 is 0. The van der Waals surface area contributed by atoms with Crippen molar-refractivity contribution in [2.24, 2.45) is 0 Å². The van der Waals surface area contributed by atoms with Crippen LogP contribution in [0.2, 0.25) is 0 Å². The smallest absolute Gasteiger partial charge is 0.336 e. The largest absolute Gasteiger partial charge is 0.478 e. The number of fused-ring (bicyclic) bond motifs is 1. The molecule has 0 amide bonds. The second-order valence-electron chi connectivity index (χ2n) is 5.27. The monoisotopic (exact) mass is 286 g/mol. The van der Waals surface area contributed by atoms with E-state index in [1.165, 1.54) is 0 Å². The number of carboxylic acids is 1. The molecule has 1 aliphatic rings. The summed E-state index contributed by atoms with van der Waals surface area (Å²) in [6.45, 7) is 1.82. The van der Waals surface area contributed by atoms with Crippen LogP contribution in [0.1, 0.15) is 23.2 Å². The molecule has 1 saturated heterocycles. The maximum atomic E-state index is 11.2. The Hall–Kier alpha value is -2.14. The molecule has 0 atom stereocenters. The Balaban J connectivity index is 1.90. The Morgan fingerprint density at radius 2 is 2.05 bits per heavy atom. The topological polar surface area (TPSA) is 62.7 Å². The summed E-state index contributed by atoms with van der Waals surface area (Å²) in [6, 6.07) is 8.95. The summed E-state index contributed by atoms with van der Waals surface area (Å²) in [5.74, 6) is -0.0179. The summed E-state index contributed by atoms with van der Waals surface area (Å²) in [6.07, 6.45) is 2.32. The van der Waals surface area contributed by atoms with Crippen molar-refractivity contribution in [1.29, 1.82) is 0 Å². The van der Waals surface area contributed by atoms with Gasteiger partial charge >= 0.3 is 5.97 Å². The molecule has 0 saturated carbocycles. The second kappa shape index (κ2) is 5.69. The SMILES string of the molecule is COC1CCN(c2ccc3c(C(=O)O)cccc3n2)CC1. The molecule has 3 rings (SSSR count). The Kier molecular flexibility index (Phi) is 3.75. The van der Waals surface area contributed by atoms with Crippen molar-refractivity contribution in [2.75, 3.05) is 25.1 Å². The number of piperidine rings is 1. The van der Waals surface area contributed by atoms with Crippen LogP contribution in [0.3, 0.4) is 0 Å². The lowest BCUT2D eigenvalue weighted by molar-refractivity contribution is 0.0699. The van der Waals surface area contributed by atoms with Crippen LogP contribution in [0.15, 0.2) is 30.3 Å². The van der Waals surface area contributed by atoms with Gasteiger partial charge in [0.2, 0.25) is 0 Å². The number of aromatic nitrogens is 1. The number of nitrogens with zero attached hydrogens (tertiary/aromatic N) is 2. The average Bonchev–Trinajstić information content (AvgIpc) is 2.53. The molecule has 2 heterocycles. The van der Waals surface area contributed by atoms with Crippen LogP contribution >= 0.6 is 0 Å². The molecule has 0 spiro atoms. The van der Waals surface area contributed by atoms with Crippen molar-refractivity contribution >= 4 is 22.7 Å². The molecule has 5 nitrogen and oxygen atoms in total. The first-order valence-corrected chi connectivity index (χ1v) is 7.10. The molecule has 0 radical (unpaired) electrons. The van der Waals surface area contributed by atoms with Gasteiger partial charge in [0.05, 0.1) is 17.2 Å². The number of carbonyl (C=O) groups is 1. The number of rotatable bonds is 3. The number of aromatic carboxylic acids is 1. The lowest BCUT2D eigenvalue weighted by Crippen LogP contribution is -2.37. The minimum atomic E-state index is -0.920. The van der Waals surface area contributed by atoms with Crippen molar-refractivity contribution in [1.82, 2.24) is 4.98 Å². The van der Waals surface area contributed by atoms with E-state index in [-0.39, 0.29) is 0 Å². The molecule has 110 valence electrons. The van der Waals surface area contributed by atoms with Crippen LogP contribution in [0.4, 0.5) is 5.82 Å². The van der Waals surface area contributed by atoms with E-state index < -0.39 is 5.97 Å². The first-order chi connectivity index (χ1) is 10.2. The van der Waals surface area contributed by atoms with Crippen molar-refractivity contribution in [2.45, 2.75) is 18.9 Å². The molecule has 21 heavy (non-hydrogen) atoms. The fraction of sp³-hybridized carbons (Fsp3) is 0.375. The zero-order valence-electron chi connectivity index (χ0n) is 12.0. The summed E-state index contributed by atoms with van der Waals surface area (Å²) < 4.78 is 5.38. The molecule has 0 bridgehead atoms. The molecular weight excluding hydrogens is 268 g/mol. The van der Waals surface area contributed by atoms with Gasteiger partial charge in [0.1, 0.15) is 5.82 Å². The zero-order valence-corrected chi connectivity index (χ0v) is 12.0. The number of hydrogen-bond donors (Lipinski definition) is 1. The molecular formula is C16H18N2O3. The maximum Gasteiger partial charge on any atom is 0.336 e. The third-order valence-corrected chi connectivity index (χ3v) is 4.05. The van der Waals surface area contributed by atoms with Crippen molar-refractivity contribution in [3.05, 3.63) is 35.9 Å². The lowest BCUT2D eigenvalue weighted by Gasteiger charge is -2.32. The average molecular weight is 286 g/mol. The number of ether oxygens (including phenoxy) is 1. The molecule has 5 heteroatoms. The molecule has 0 aliphatic carbocycles. The molecule has 1 fully saturated rings. The van der Waals surface area contributed by atoms with E-state index in [4.69, 9.17) is 4.74 Å². The van der Waals surface area contributed by atoms with Gasteiger partial charge in [0, 0.05) is 25.6 Å². The Morgan fingerprint density at radius 1 is 1.29 bits per heavy atom. The van der Waals surface area contributed by atoms with Crippen LogP contribution in [-0.2, 0) is 4.74 Å². The number of pyridine rings is 1. The van der Waals surface area contributed by atoms with E-state index in [0.717, 1.165) is 37.3 Å². The molecule has 1 aromatic carbocycles. The number of benzene rings is 1. The minimum Gasteiger partial charge on any atom is -0.478 e. The molecule has 0 unspecified atom stereocenters. The number of hydrogen-bond acceptors (Lipinski definition) is 4. The zero-order chi connectivity index (χ0) is 14.8. The maximum absolute atomic E-state index is 11.2. The van der Waals surface area contributed by atoms with Crippen LogP contribution in [-0.4, -0.2) is 42.4 Å². The van der Waals surface area contributed by atoms with E-state index in [9.17, 15) is 9.90 Å². The first-order valence-electron chi connectivity index (χ1n) is 7.10. The van der Waals surface area contributed by atoms with E-state index in [2.05, 4.69) is 9.88 Å². The Bertz CT molecular complexity index is 664. The van der Waals surface area contributed by atoms with Gasteiger partial charge in [-0.1, -0.05) is 6.07 Å². The van der Waals surface area contributed by atoms with Crippen molar-refractivity contribution in [3.8, 4) is 0 Å². The van der Waals surface area contributed by atoms with E-state index >= 15 is 0 Å². The summed E-state index contributed by atoms with van der Waals surface area (Å²) in [7, 11) is 1.75. The minimum absolute atomic E-state index is 0.296. The van der Waals surface area contributed by atoms with Gasteiger partial charge in [-0.3, -0.25) is 0 Å². The van der Waals surface area contributed by atoms with Crippen LogP contribution in [0.25, 0.3) is 10.9 Å². The first kappa shape index (κ1) is 13.8. The number of carboxylic acid groups (broad SMARTS) is 1. The van der Waals surface area contributed by atoms with E-state index in [0.29, 0.717) is 17.1 Å². The fourth-order valence-corrected chi connectivity index (χ4v) is 2.83. The van der Waals surface area contributed by atoms with Crippen LogP contribution in [0.5, 0.6) is 0 Å². The second-order valence-corrected chi connectivity index (χ2v) is 5.27. The molecule has 1 aromatic heterocycles. The molecule has 1 N–H and O–H groups in total. The van der Waals surface area contributed by atoms with Gasteiger partial charge < -0.3 is 14.7 Å². The van der Waals surface area contributed by atoms with Crippen molar-refractivity contribution in [3.63, 3.8) is 0 Å². The summed E-state index contributed by atoms with van der Waals surface area (Å²) in [5.41, 5.74) is 1.02. The standard InChI is InChI=1S/C16H18N2O3/c1-21-11-7-9-18(10-8-11)15-6-5-12-13(16(19)20)3-2-4-14(12)17-15/h2-6,11H,7-10H2,1H3,(H,19,20). The summed E-state index contributed by atoms with van der Waals surface area (Å²) in [5, 5.41) is 9.89. The van der Waals surface area contributed by atoms with Crippen LogP contribution < -0.4 is 4.90 Å². The van der Waals surface area contributed by atoms with Gasteiger partial charge in [-0.05, 0) is 37.1 Å². The van der Waals surface area contributed by atoms with Crippen LogP contribution in [0, 0.1) is 0 Å². The quantitative estimate of drug-likeness (QED) is 0.939. The van der Waals surface area contributed by atoms with Gasteiger partial charge in [0.15, 0.2) is 0 Å². The highest BCUT2D eigenvalue weighted by atomic mass is 16.5. The Morgan fingerprint density at radius 3 is 2.71 bits per heavy atom. The highest BCUT2D eigenvalue weighted by Gasteiger charge is 2.20. The number of methoxy groups -OCH3 is 1. The predicted molar refractivity (Wildman–Crippen MR) is 80.9 cm³/mol. The summed E-state index contributed by atoms with van der Waals surface area (Å²) in [4.78, 5) is 18.1.